The van der Waals surface area contributed by atoms with Crippen molar-refractivity contribution < 1.29 is 23.1 Å². The molecule has 0 saturated heterocycles. The molecule has 9 nitrogen and oxygen atoms in total. The first-order chi connectivity index (χ1) is 20.5. The molecule has 0 fully saturated rings. The topological polar surface area (TPSA) is 108 Å². The molecule has 0 aliphatic heterocycles. The monoisotopic (exact) mass is 562 g/mol. The van der Waals surface area contributed by atoms with Crippen molar-refractivity contribution >= 4 is 39.7 Å². The minimum Gasteiger partial charge on any atom is -0.496 e. The number of aromatic nitrogens is 2. The number of nitrogens with zero attached hydrogens (tertiary/aromatic N) is 3. The zero-order valence-electron chi connectivity index (χ0n) is 22.3. The van der Waals surface area contributed by atoms with Gasteiger partial charge in [0.05, 0.1) is 29.6 Å². The molecule has 0 atom stereocenters. The maximum absolute atomic E-state index is 13.6. The van der Waals surface area contributed by atoms with Crippen LogP contribution in [-0.2, 0) is 4.79 Å². The summed E-state index contributed by atoms with van der Waals surface area (Å²) in [5.41, 5.74) is 1.63. The van der Waals surface area contributed by atoms with Gasteiger partial charge in [0.25, 0.3) is 11.5 Å². The van der Waals surface area contributed by atoms with Gasteiger partial charge in [-0.3, -0.25) is 9.59 Å². The Hall–Kier alpha value is -5.77. The molecule has 6 rings (SSSR count). The van der Waals surface area contributed by atoms with E-state index in [1.807, 2.05) is 12.1 Å². The van der Waals surface area contributed by atoms with E-state index in [9.17, 15) is 14.0 Å². The van der Waals surface area contributed by atoms with Gasteiger partial charge in [0, 0.05) is 11.3 Å². The second-order valence-electron chi connectivity index (χ2n) is 9.18. The molecule has 0 saturated carbocycles. The molecule has 0 spiro atoms. The highest BCUT2D eigenvalue weighted by Gasteiger charge is 2.18. The van der Waals surface area contributed by atoms with E-state index < -0.39 is 17.3 Å². The molecule has 4 aromatic carbocycles. The highest BCUT2D eigenvalue weighted by molar-refractivity contribution is 5.92. The molecule has 0 unspecified atom stereocenters. The maximum atomic E-state index is 13.6. The molecule has 208 valence electrons. The standard InChI is InChI=1S/C32H23FN4O5/c1-40-27-11-6-12-28-24(27)17-29(42-28)31-36-25-9-4-3-8-23(25)32(39)37(31)34-18-20-7-2-5-10-26(20)41-19-30(38)35-22-15-13-21(33)14-16-22/h2-18H,19H2,1H3,(H,35,38). The molecule has 42 heavy (non-hydrogen) atoms. The highest BCUT2D eigenvalue weighted by atomic mass is 19.1. The summed E-state index contributed by atoms with van der Waals surface area (Å²) < 4.78 is 31.6. The van der Waals surface area contributed by atoms with Crippen LogP contribution in [0.2, 0.25) is 0 Å². The highest BCUT2D eigenvalue weighted by Crippen LogP contribution is 2.33. The van der Waals surface area contributed by atoms with Gasteiger partial charge in [0.15, 0.2) is 12.4 Å². The number of para-hydroxylation sites is 2. The largest absolute Gasteiger partial charge is 0.496 e. The normalized spacial score (nSPS) is 11.3. The van der Waals surface area contributed by atoms with Crippen molar-refractivity contribution in [2.45, 2.75) is 0 Å². The zero-order valence-corrected chi connectivity index (χ0v) is 22.3. The fraction of sp³-hybridized carbons (Fsp3) is 0.0625. The summed E-state index contributed by atoms with van der Waals surface area (Å²) in [7, 11) is 1.57. The first kappa shape index (κ1) is 26.5. The van der Waals surface area contributed by atoms with E-state index in [4.69, 9.17) is 18.9 Å². The Morgan fingerprint density at radius 3 is 2.57 bits per heavy atom. The number of furan rings is 1. The minimum atomic E-state index is -0.425. The van der Waals surface area contributed by atoms with Crippen molar-refractivity contribution in [2.75, 3.05) is 19.0 Å². The number of carbonyl (C=O) groups is 1. The molecule has 0 aliphatic carbocycles. The number of hydrogen-bond donors (Lipinski definition) is 1. The molecule has 0 aliphatic rings. The van der Waals surface area contributed by atoms with Gasteiger partial charge in [-0.05, 0) is 66.7 Å². The second kappa shape index (κ2) is 11.4. The maximum Gasteiger partial charge on any atom is 0.282 e. The summed E-state index contributed by atoms with van der Waals surface area (Å²) in [6.07, 6.45) is 1.46. The Balaban J connectivity index is 1.34. The number of fused-ring (bicyclic) bond motifs is 2. The molecule has 0 bridgehead atoms. The molecule has 2 heterocycles. The lowest BCUT2D eigenvalue weighted by Gasteiger charge is -2.10. The summed E-state index contributed by atoms with van der Waals surface area (Å²) >= 11 is 0. The number of rotatable bonds is 8. The van der Waals surface area contributed by atoms with E-state index in [0.29, 0.717) is 45.0 Å². The lowest BCUT2D eigenvalue weighted by molar-refractivity contribution is -0.118. The Morgan fingerprint density at radius 1 is 0.976 bits per heavy atom. The molecular weight excluding hydrogens is 539 g/mol. The Kier molecular flexibility index (Phi) is 7.17. The van der Waals surface area contributed by atoms with Crippen LogP contribution in [0.25, 0.3) is 33.5 Å². The van der Waals surface area contributed by atoms with Crippen molar-refractivity contribution in [3.05, 3.63) is 119 Å². The number of benzene rings is 4. The molecule has 10 heteroatoms. The third-order valence-electron chi connectivity index (χ3n) is 6.43. The van der Waals surface area contributed by atoms with Crippen LogP contribution in [0.15, 0.2) is 111 Å². The predicted octanol–water partition coefficient (Wildman–Crippen LogP) is 5.86. The van der Waals surface area contributed by atoms with E-state index in [-0.39, 0.29) is 12.4 Å². The SMILES string of the molecule is COc1cccc2oc(-c3nc4ccccc4c(=O)n3N=Cc3ccccc3OCC(=O)Nc3ccc(F)cc3)cc12. The van der Waals surface area contributed by atoms with Crippen LogP contribution in [0.3, 0.4) is 0 Å². The summed E-state index contributed by atoms with van der Waals surface area (Å²) in [6, 6.07) is 26.5. The van der Waals surface area contributed by atoms with Gasteiger partial charge in [0.2, 0.25) is 5.82 Å². The fourth-order valence-corrected chi connectivity index (χ4v) is 4.42. The fourth-order valence-electron chi connectivity index (χ4n) is 4.42. The average Bonchev–Trinajstić information content (AvgIpc) is 3.46. The molecule has 2 aromatic heterocycles. The minimum absolute atomic E-state index is 0.199. The van der Waals surface area contributed by atoms with Crippen LogP contribution >= 0.6 is 0 Å². The molecule has 1 amide bonds. The van der Waals surface area contributed by atoms with Gasteiger partial charge >= 0.3 is 0 Å². The second-order valence-corrected chi connectivity index (χ2v) is 9.18. The first-order valence-electron chi connectivity index (χ1n) is 12.9. The predicted molar refractivity (Wildman–Crippen MR) is 158 cm³/mol. The van der Waals surface area contributed by atoms with Gasteiger partial charge in [-0.15, -0.1) is 0 Å². The number of halogens is 1. The summed E-state index contributed by atoms with van der Waals surface area (Å²) in [5.74, 6) is 0.691. The number of carbonyl (C=O) groups excluding carboxylic acids is 1. The number of nitrogens with one attached hydrogen (secondary N) is 1. The van der Waals surface area contributed by atoms with E-state index in [0.717, 1.165) is 5.39 Å². The first-order valence-corrected chi connectivity index (χ1v) is 12.9. The smallest absolute Gasteiger partial charge is 0.282 e. The van der Waals surface area contributed by atoms with Gasteiger partial charge in [-0.1, -0.05) is 30.3 Å². The third-order valence-corrected chi connectivity index (χ3v) is 6.43. The van der Waals surface area contributed by atoms with E-state index >= 15 is 0 Å². The Labute approximate surface area is 238 Å². The Bertz CT molecular complexity index is 2010. The van der Waals surface area contributed by atoms with Gasteiger partial charge in [-0.25, -0.2) is 9.37 Å². The van der Waals surface area contributed by atoms with Crippen molar-refractivity contribution in [2.24, 2.45) is 5.10 Å². The average molecular weight is 563 g/mol. The van der Waals surface area contributed by atoms with E-state index in [2.05, 4.69) is 10.4 Å². The number of hydrogen-bond acceptors (Lipinski definition) is 7. The number of amides is 1. The molecule has 1 N–H and O–H groups in total. The number of ether oxygens (including phenoxy) is 2. The van der Waals surface area contributed by atoms with Crippen LogP contribution in [0.4, 0.5) is 10.1 Å². The molecular formula is C32H23FN4O5. The van der Waals surface area contributed by atoms with Crippen LogP contribution in [0, 0.1) is 5.82 Å². The molecule has 0 radical (unpaired) electrons. The van der Waals surface area contributed by atoms with Crippen LogP contribution in [0.1, 0.15) is 5.56 Å². The molecule has 6 aromatic rings. The summed E-state index contributed by atoms with van der Waals surface area (Å²) in [4.78, 5) is 30.7. The van der Waals surface area contributed by atoms with Crippen molar-refractivity contribution in [3.63, 3.8) is 0 Å². The summed E-state index contributed by atoms with van der Waals surface area (Å²) in [6.45, 7) is -0.300. The van der Waals surface area contributed by atoms with Crippen LogP contribution in [-0.4, -0.2) is 35.5 Å². The number of anilines is 1. The zero-order chi connectivity index (χ0) is 29.1. The van der Waals surface area contributed by atoms with Crippen molar-refractivity contribution in [1.29, 1.82) is 0 Å². The van der Waals surface area contributed by atoms with E-state index in [1.54, 1.807) is 67.8 Å². The summed E-state index contributed by atoms with van der Waals surface area (Å²) in [5, 5.41) is 8.25. The van der Waals surface area contributed by atoms with Crippen LogP contribution < -0.4 is 20.3 Å². The lowest BCUT2D eigenvalue weighted by Crippen LogP contribution is -2.21. The van der Waals surface area contributed by atoms with E-state index in [1.165, 1.54) is 35.2 Å². The van der Waals surface area contributed by atoms with Gasteiger partial charge in [-0.2, -0.15) is 9.78 Å². The van der Waals surface area contributed by atoms with Crippen LogP contribution in [0.5, 0.6) is 11.5 Å². The van der Waals surface area contributed by atoms with Crippen molar-refractivity contribution in [3.8, 4) is 23.1 Å². The number of methoxy groups -OCH3 is 1. The Morgan fingerprint density at radius 2 is 1.74 bits per heavy atom. The third kappa shape index (κ3) is 5.33. The van der Waals surface area contributed by atoms with Gasteiger partial charge in [0.1, 0.15) is 22.9 Å². The van der Waals surface area contributed by atoms with Crippen molar-refractivity contribution in [1.82, 2.24) is 9.66 Å². The lowest BCUT2D eigenvalue weighted by atomic mass is 10.2. The quantitative estimate of drug-likeness (QED) is 0.233. The van der Waals surface area contributed by atoms with Gasteiger partial charge < -0.3 is 19.2 Å².